The molecule has 76 valence electrons. The molecule has 0 bridgehead atoms. The van der Waals surface area contributed by atoms with E-state index in [0.717, 1.165) is 12.3 Å². The Morgan fingerprint density at radius 1 is 1.29 bits per heavy atom. The maximum absolute atomic E-state index is 5.63. The van der Waals surface area contributed by atoms with Gasteiger partial charge in [0, 0.05) is 17.5 Å². The molecule has 2 heteroatoms. The lowest BCUT2D eigenvalue weighted by Gasteiger charge is -2.25. The minimum Gasteiger partial charge on any atom is -0.478 e. The van der Waals surface area contributed by atoms with Crippen LogP contribution >= 0.6 is 0 Å². The average molecular weight is 191 g/mol. The third kappa shape index (κ3) is 1.90. The summed E-state index contributed by atoms with van der Waals surface area (Å²) in [4.78, 5) is 2.16. The maximum Gasteiger partial charge on any atom is 0.142 e. The van der Waals surface area contributed by atoms with Gasteiger partial charge in [-0.15, -0.1) is 0 Å². The van der Waals surface area contributed by atoms with Gasteiger partial charge >= 0.3 is 0 Å². The third-order valence-corrected chi connectivity index (χ3v) is 2.58. The smallest absolute Gasteiger partial charge is 0.142 e. The summed E-state index contributed by atoms with van der Waals surface area (Å²) in [6, 6.07) is 0. The lowest BCUT2D eigenvalue weighted by Crippen LogP contribution is -2.28. The fourth-order valence-electron chi connectivity index (χ4n) is 1.64. The van der Waals surface area contributed by atoms with Gasteiger partial charge in [0.05, 0.1) is 0 Å². The third-order valence-electron chi connectivity index (χ3n) is 2.58. The normalized spacial score (nSPS) is 25.6. The monoisotopic (exact) mass is 191 g/mol. The second-order valence-corrected chi connectivity index (χ2v) is 4.67. The van der Waals surface area contributed by atoms with Crippen LogP contribution in [0.4, 0.5) is 0 Å². The van der Waals surface area contributed by atoms with Gasteiger partial charge in [-0.3, -0.25) is 4.90 Å². The largest absolute Gasteiger partial charge is 0.478 e. The first-order chi connectivity index (χ1) is 6.57. The highest BCUT2D eigenvalue weighted by atomic mass is 16.5. The van der Waals surface area contributed by atoms with Crippen LogP contribution in [0.1, 0.15) is 13.8 Å². The van der Waals surface area contributed by atoms with Crippen molar-refractivity contribution in [1.82, 2.24) is 4.90 Å². The first-order valence-electron chi connectivity index (χ1n) is 5.00. The maximum atomic E-state index is 5.63. The van der Waals surface area contributed by atoms with Crippen molar-refractivity contribution in [3.05, 3.63) is 35.6 Å². The van der Waals surface area contributed by atoms with Crippen LogP contribution in [-0.4, -0.2) is 25.2 Å². The zero-order chi connectivity index (χ0) is 10.2. The molecule has 0 saturated carbocycles. The van der Waals surface area contributed by atoms with E-state index in [1.54, 1.807) is 0 Å². The molecule has 0 N–H and O–H groups in total. The van der Waals surface area contributed by atoms with Crippen molar-refractivity contribution in [2.75, 3.05) is 20.3 Å². The summed E-state index contributed by atoms with van der Waals surface area (Å²) in [5.41, 5.74) is 1.42. The second kappa shape index (κ2) is 3.28. The molecule has 0 saturated heterocycles. The first-order valence-corrected chi connectivity index (χ1v) is 5.00. The van der Waals surface area contributed by atoms with Gasteiger partial charge in [0.2, 0.25) is 0 Å². The van der Waals surface area contributed by atoms with E-state index < -0.39 is 0 Å². The Bertz CT molecular complexity index is 323. The van der Waals surface area contributed by atoms with E-state index in [-0.39, 0.29) is 5.41 Å². The van der Waals surface area contributed by atoms with Crippen LogP contribution in [0.2, 0.25) is 0 Å². The van der Waals surface area contributed by atoms with Crippen molar-refractivity contribution >= 4 is 0 Å². The van der Waals surface area contributed by atoms with E-state index in [1.807, 2.05) is 0 Å². The SMILES string of the molecule is CN1COC2=C(C=CC(C)(C)C=C2)C1. The Labute approximate surface area is 85.5 Å². The van der Waals surface area contributed by atoms with Crippen LogP contribution in [-0.2, 0) is 4.74 Å². The fourth-order valence-corrected chi connectivity index (χ4v) is 1.64. The molecule has 2 aliphatic rings. The minimum atomic E-state index is 0.138. The van der Waals surface area contributed by atoms with Crippen molar-refractivity contribution in [3.8, 4) is 0 Å². The molecule has 0 atom stereocenters. The summed E-state index contributed by atoms with van der Waals surface area (Å²) in [5.74, 6) is 1.03. The predicted octanol–water partition coefficient (Wildman–Crippen LogP) is 2.31. The molecule has 0 fully saturated rings. The molecule has 0 unspecified atom stereocenters. The first kappa shape index (κ1) is 9.53. The Morgan fingerprint density at radius 2 is 2.00 bits per heavy atom. The van der Waals surface area contributed by atoms with Gasteiger partial charge in [0.15, 0.2) is 0 Å². The number of likely N-dealkylation sites (N-methyl/N-ethyl adjacent to an activating group) is 1. The summed E-state index contributed by atoms with van der Waals surface area (Å²) in [6.45, 7) is 6.06. The van der Waals surface area contributed by atoms with Crippen LogP contribution < -0.4 is 0 Å². The van der Waals surface area contributed by atoms with Crippen molar-refractivity contribution < 1.29 is 4.74 Å². The zero-order valence-corrected chi connectivity index (χ0v) is 9.08. The van der Waals surface area contributed by atoms with Gasteiger partial charge in [-0.1, -0.05) is 32.1 Å². The number of nitrogens with zero attached hydrogens (tertiary/aromatic N) is 1. The van der Waals surface area contributed by atoms with Gasteiger partial charge in [-0.25, -0.2) is 0 Å². The summed E-state index contributed by atoms with van der Waals surface area (Å²) >= 11 is 0. The van der Waals surface area contributed by atoms with Gasteiger partial charge in [0.1, 0.15) is 12.5 Å². The molecule has 2 rings (SSSR count). The molecule has 1 aliphatic heterocycles. The molecule has 14 heavy (non-hydrogen) atoms. The van der Waals surface area contributed by atoms with Crippen molar-refractivity contribution in [2.24, 2.45) is 5.41 Å². The minimum absolute atomic E-state index is 0.138. The molecule has 0 radical (unpaired) electrons. The lowest BCUT2D eigenvalue weighted by molar-refractivity contribution is 0.0842. The van der Waals surface area contributed by atoms with Gasteiger partial charge in [0.25, 0.3) is 0 Å². The Morgan fingerprint density at radius 3 is 2.79 bits per heavy atom. The number of ether oxygens (including phenoxy) is 1. The number of allylic oxidation sites excluding steroid dienone is 3. The predicted molar refractivity (Wildman–Crippen MR) is 57.7 cm³/mol. The second-order valence-electron chi connectivity index (χ2n) is 4.67. The van der Waals surface area contributed by atoms with Gasteiger partial charge < -0.3 is 4.74 Å². The van der Waals surface area contributed by atoms with E-state index in [4.69, 9.17) is 4.74 Å². The Hall–Kier alpha value is -1.02. The van der Waals surface area contributed by atoms with E-state index in [9.17, 15) is 0 Å². The average Bonchev–Trinajstić information content (AvgIpc) is 2.26. The highest BCUT2D eigenvalue weighted by Gasteiger charge is 2.19. The molecule has 0 aromatic heterocycles. The summed E-state index contributed by atoms with van der Waals surface area (Å²) in [7, 11) is 2.07. The highest BCUT2D eigenvalue weighted by molar-refractivity contribution is 5.36. The summed E-state index contributed by atoms with van der Waals surface area (Å²) in [6.07, 6.45) is 8.71. The van der Waals surface area contributed by atoms with Crippen LogP contribution in [0.5, 0.6) is 0 Å². The van der Waals surface area contributed by atoms with Crippen molar-refractivity contribution in [1.29, 1.82) is 0 Å². The summed E-state index contributed by atoms with van der Waals surface area (Å²) in [5, 5.41) is 0. The van der Waals surface area contributed by atoms with Crippen LogP contribution in [0.15, 0.2) is 35.6 Å². The van der Waals surface area contributed by atoms with E-state index in [2.05, 4.69) is 50.1 Å². The quantitative estimate of drug-likeness (QED) is 0.582. The molecule has 0 spiro atoms. The molecule has 1 aliphatic carbocycles. The van der Waals surface area contributed by atoms with E-state index in [1.165, 1.54) is 5.57 Å². The molecule has 0 amide bonds. The summed E-state index contributed by atoms with van der Waals surface area (Å²) < 4.78 is 5.63. The number of hydrogen-bond donors (Lipinski definition) is 0. The number of rotatable bonds is 0. The fraction of sp³-hybridized carbons (Fsp3) is 0.500. The van der Waals surface area contributed by atoms with E-state index in [0.29, 0.717) is 6.73 Å². The lowest BCUT2D eigenvalue weighted by atomic mass is 9.93. The number of hydrogen-bond acceptors (Lipinski definition) is 2. The molecular formula is C12H17NO. The van der Waals surface area contributed by atoms with Crippen LogP contribution in [0.25, 0.3) is 0 Å². The van der Waals surface area contributed by atoms with Crippen molar-refractivity contribution in [2.45, 2.75) is 13.8 Å². The zero-order valence-electron chi connectivity index (χ0n) is 9.08. The molecule has 0 aromatic carbocycles. The molecule has 2 nitrogen and oxygen atoms in total. The van der Waals surface area contributed by atoms with Crippen molar-refractivity contribution in [3.63, 3.8) is 0 Å². The van der Waals surface area contributed by atoms with Crippen LogP contribution in [0, 0.1) is 5.41 Å². The highest BCUT2D eigenvalue weighted by Crippen LogP contribution is 2.27. The van der Waals surface area contributed by atoms with E-state index >= 15 is 0 Å². The standard InChI is InChI=1S/C12H17NO/c1-12(2)6-4-10-8-13(3)9-14-11(10)5-7-12/h4-7H,8-9H2,1-3H3. The Balaban J connectivity index is 2.30. The topological polar surface area (TPSA) is 12.5 Å². The van der Waals surface area contributed by atoms with Gasteiger partial charge in [-0.05, 0) is 13.1 Å². The molecule has 0 aromatic rings. The molecule has 1 heterocycles. The Kier molecular flexibility index (Phi) is 2.23. The van der Waals surface area contributed by atoms with Crippen LogP contribution in [0.3, 0.4) is 0 Å². The van der Waals surface area contributed by atoms with Gasteiger partial charge in [-0.2, -0.15) is 0 Å². The molecular weight excluding hydrogens is 174 g/mol.